The van der Waals surface area contributed by atoms with Crippen LogP contribution < -0.4 is 9.03 Å². The molecule has 2 aromatic rings. The van der Waals surface area contributed by atoms with E-state index in [2.05, 4.69) is 4.98 Å². The second kappa shape index (κ2) is 5.45. The van der Waals surface area contributed by atoms with Crippen LogP contribution >= 0.6 is 0 Å². The van der Waals surface area contributed by atoms with Gasteiger partial charge < -0.3 is 9.67 Å². The minimum Gasteiger partial charge on any atom is -0.506 e. The lowest BCUT2D eigenvalue weighted by molar-refractivity contribution is -0.117. The molecule has 0 bridgehead atoms. The lowest BCUT2D eigenvalue weighted by Crippen LogP contribution is -2.30. The van der Waals surface area contributed by atoms with E-state index in [0.29, 0.717) is 15.6 Å². The monoisotopic (exact) mass is 366 g/mol. The first-order chi connectivity index (χ1) is 11.8. The predicted molar refractivity (Wildman–Crippen MR) is 86.6 cm³/mol. The Hall–Kier alpha value is -2.62. The number of nitrogens with one attached hydrogen (secondary N) is 1. The highest BCUT2D eigenvalue weighted by Gasteiger charge is 2.37. The summed E-state index contributed by atoms with van der Waals surface area (Å²) in [6, 6.07) is 2.37. The molecule has 0 atom stereocenters. The Kier molecular flexibility index (Phi) is 3.46. The van der Waals surface area contributed by atoms with Gasteiger partial charge in [0.05, 0.1) is 5.69 Å². The van der Waals surface area contributed by atoms with Crippen LogP contribution in [0.25, 0.3) is 11.3 Å². The van der Waals surface area contributed by atoms with Crippen molar-refractivity contribution in [3.05, 3.63) is 30.0 Å². The molecule has 2 aliphatic rings. The van der Waals surface area contributed by atoms with Crippen molar-refractivity contribution in [1.29, 1.82) is 0 Å². The SMILES string of the molecule is O=C1CN(c2c(O)cc(-c3cn4c(n3)CCCC4)cc2F)S(=O)(=O)N1. The lowest BCUT2D eigenvalue weighted by atomic mass is 10.1. The van der Waals surface area contributed by atoms with Gasteiger partial charge in [-0.2, -0.15) is 8.42 Å². The number of halogens is 1. The number of carbonyl (C=O) groups is 1. The van der Waals surface area contributed by atoms with E-state index in [1.165, 1.54) is 6.07 Å². The van der Waals surface area contributed by atoms with Crippen molar-refractivity contribution >= 4 is 21.8 Å². The first kappa shape index (κ1) is 15.9. The Bertz CT molecular complexity index is 939. The van der Waals surface area contributed by atoms with Crippen LogP contribution in [-0.2, 0) is 28.0 Å². The molecular weight excluding hydrogens is 351 g/mol. The van der Waals surface area contributed by atoms with E-state index < -0.39 is 39.9 Å². The molecule has 1 aromatic heterocycles. The van der Waals surface area contributed by atoms with Gasteiger partial charge in [-0.05, 0) is 25.0 Å². The number of fused-ring (bicyclic) bond motifs is 1. The summed E-state index contributed by atoms with van der Waals surface area (Å²) in [5.41, 5.74) is 0.304. The van der Waals surface area contributed by atoms with Crippen LogP contribution in [0, 0.1) is 5.82 Å². The van der Waals surface area contributed by atoms with E-state index in [0.717, 1.165) is 37.7 Å². The topological polar surface area (TPSA) is 105 Å². The van der Waals surface area contributed by atoms with Crippen molar-refractivity contribution in [2.45, 2.75) is 25.8 Å². The number of anilines is 1. The maximum atomic E-state index is 14.6. The zero-order valence-corrected chi connectivity index (χ0v) is 13.9. The molecule has 25 heavy (non-hydrogen) atoms. The Morgan fingerprint density at radius 3 is 2.72 bits per heavy atom. The van der Waals surface area contributed by atoms with Gasteiger partial charge in [-0.1, -0.05) is 0 Å². The van der Waals surface area contributed by atoms with Gasteiger partial charge in [-0.25, -0.2) is 18.4 Å². The van der Waals surface area contributed by atoms with Gasteiger partial charge in [0.1, 0.15) is 23.8 Å². The molecule has 1 amide bonds. The number of aromatic nitrogens is 2. The Morgan fingerprint density at radius 1 is 1.28 bits per heavy atom. The number of nitrogens with zero attached hydrogens (tertiary/aromatic N) is 3. The van der Waals surface area contributed by atoms with Crippen molar-refractivity contribution in [2.75, 3.05) is 10.8 Å². The normalized spacial score (nSPS) is 18.9. The largest absolute Gasteiger partial charge is 0.506 e. The number of carbonyl (C=O) groups excluding carboxylic acids is 1. The van der Waals surface area contributed by atoms with E-state index in [4.69, 9.17) is 0 Å². The highest BCUT2D eigenvalue weighted by atomic mass is 32.2. The highest BCUT2D eigenvalue weighted by Crippen LogP contribution is 2.37. The fourth-order valence-corrected chi connectivity index (χ4v) is 4.35. The fraction of sp³-hybridized carbons (Fsp3) is 0.333. The van der Waals surface area contributed by atoms with Gasteiger partial charge in [0.2, 0.25) is 0 Å². The molecule has 0 spiro atoms. The fourth-order valence-electron chi connectivity index (χ4n) is 3.18. The summed E-state index contributed by atoms with van der Waals surface area (Å²) >= 11 is 0. The van der Waals surface area contributed by atoms with Crippen LogP contribution in [0.3, 0.4) is 0 Å². The van der Waals surface area contributed by atoms with Gasteiger partial charge in [0.15, 0.2) is 5.82 Å². The molecule has 3 heterocycles. The van der Waals surface area contributed by atoms with Gasteiger partial charge in [-0.15, -0.1) is 0 Å². The van der Waals surface area contributed by atoms with Crippen LogP contribution in [0.4, 0.5) is 10.1 Å². The number of phenolic OH excluding ortho intramolecular Hbond substituents is 1. The molecule has 2 N–H and O–H groups in total. The number of amides is 1. The summed E-state index contributed by atoms with van der Waals surface area (Å²) < 4.78 is 42.5. The van der Waals surface area contributed by atoms with Gasteiger partial charge in [-0.3, -0.25) is 4.79 Å². The molecule has 4 rings (SSSR count). The second-order valence-electron chi connectivity index (χ2n) is 6.06. The van der Waals surface area contributed by atoms with Gasteiger partial charge >= 0.3 is 10.2 Å². The third-order valence-electron chi connectivity index (χ3n) is 4.32. The molecule has 1 fully saturated rings. The van der Waals surface area contributed by atoms with Crippen molar-refractivity contribution in [1.82, 2.24) is 14.3 Å². The minimum atomic E-state index is -4.20. The summed E-state index contributed by atoms with van der Waals surface area (Å²) in [5.74, 6) is -1.39. The van der Waals surface area contributed by atoms with Crippen molar-refractivity contribution in [3.63, 3.8) is 0 Å². The third kappa shape index (κ3) is 2.62. The molecule has 0 unspecified atom stereocenters. The Morgan fingerprint density at radius 2 is 2.08 bits per heavy atom. The number of rotatable bonds is 2. The van der Waals surface area contributed by atoms with E-state index in [9.17, 15) is 22.7 Å². The average Bonchev–Trinajstić information content (AvgIpc) is 3.07. The van der Waals surface area contributed by atoms with E-state index in [1.807, 2.05) is 4.57 Å². The standard InChI is InChI=1S/C15H15FN4O4S/c16-10-5-9(11-7-19-4-2-1-3-13(19)17-11)6-12(21)15(10)20-8-14(22)18-25(20,23)24/h5-7,21H,1-4,8H2,(H,18,22). The van der Waals surface area contributed by atoms with E-state index in [1.54, 1.807) is 10.9 Å². The van der Waals surface area contributed by atoms with Crippen molar-refractivity contribution < 1.29 is 22.7 Å². The summed E-state index contributed by atoms with van der Waals surface area (Å²) in [6.07, 6.45) is 4.73. The number of phenols is 1. The van der Waals surface area contributed by atoms with Crippen LogP contribution in [0.1, 0.15) is 18.7 Å². The zero-order chi connectivity index (χ0) is 17.8. The van der Waals surface area contributed by atoms with Crippen LogP contribution in [-0.4, -0.2) is 35.5 Å². The third-order valence-corrected chi connectivity index (χ3v) is 5.69. The maximum Gasteiger partial charge on any atom is 0.326 e. The van der Waals surface area contributed by atoms with E-state index in [-0.39, 0.29) is 0 Å². The van der Waals surface area contributed by atoms with Crippen LogP contribution in [0.5, 0.6) is 5.75 Å². The summed E-state index contributed by atoms with van der Waals surface area (Å²) in [7, 11) is -4.20. The molecule has 0 radical (unpaired) electrons. The first-order valence-electron chi connectivity index (χ1n) is 7.77. The van der Waals surface area contributed by atoms with Crippen molar-refractivity contribution in [3.8, 4) is 17.0 Å². The molecule has 1 saturated heterocycles. The number of imidazole rings is 1. The molecule has 132 valence electrons. The molecule has 1 aromatic carbocycles. The van der Waals surface area contributed by atoms with E-state index >= 15 is 0 Å². The first-order valence-corrected chi connectivity index (χ1v) is 9.21. The molecule has 8 nitrogen and oxygen atoms in total. The Labute approximate surface area is 143 Å². The quantitative estimate of drug-likeness (QED) is 0.822. The minimum absolute atomic E-state index is 0.344. The van der Waals surface area contributed by atoms with Crippen LogP contribution in [0.15, 0.2) is 18.3 Å². The smallest absolute Gasteiger partial charge is 0.326 e. The summed E-state index contributed by atoms with van der Waals surface area (Å²) in [6.45, 7) is 0.264. The summed E-state index contributed by atoms with van der Waals surface area (Å²) in [4.78, 5) is 15.8. The Balaban J connectivity index is 1.76. The molecular formula is C15H15FN4O4S. The number of hydrogen-bond acceptors (Lipinski definition) is 5. The average molecular weight is 366 g/mol. The lowest BCUT2D eigenvalue weighted by Gasteiger charge is -2.17. The maximum absolute atomic E-state index is 14.6. The highest BCUT2D eigenvalue weighted by molar-refractivity contribution is 7.92. The predicted octanol–water partition coefficient (Wildman–Crippen LogP) is 0.912. The molecule has 10 heteroatoms. The van der Waals surface area contributed by atoms with Gasteiger partial charge in [0.25, 0.3) is 5.91 Å². The number of aromatic hydroxyl groups is 1. The number of aryl methyl sites for hydroxylation is 2. The number of hydrogen-bond donors (Lipinski definition) is 2. The van der Waals surface area contributed by atoms with Crippen molar-refractivity contribution in [2.24, 2.45) is 0 Å². The number of benzene rings is 1. The van der Waals surface area contributed by atoms with Gasteiger partial charge in [0, 0.05) is 24.7 Å². The van der Waals surface area contributed by atoms with Crippen LogP contribution in [0.2, 0.25) is 0 Å². The second-order valence-corrected chi connectivity index (χ2v) is 7.65. The zero-order valence-electron chi connectivity index (χ0n) is 13.1. The molecule has 0 aliphatic carbocycles. The molecule has 0 saturated carbocycles. The summed E-state index contributed by atoms with van der Waals surface area (Å²) in [5, 5.41) is 10.2. The molecule has 2 aliphatic heterocycles.